The summed E-state index contributed by atoms with van der Waals surface area (Å²) in [6, 6.07) is 0. The minimum absolute atomic E-state index is 0.0129. The zero-order chi connectivity index (χ0) is 13.5. The molecule has 17 heavy (non-hydrogen) atoms. The molecule has 0 aliphatic carbocycles. The molecule has 0 rings (SSSR count). The van der Waals surface area contributed by atoms with Crippen LogP contribution in [-0.2, 0) is 14.6 Å². The monoisotopic (exact) mass is 264 g/mol. The summed E-state index contributed by atoms with van der Waals surface area (Å²) >= 11 is 0. The van der Waals surface area contributed by atoms with Crippen LogP contribution in [-0.4, -0.2) is 30.0 Å². The number of hydrogen-bond donors (Lipinski definition) is 1. The molecule has 1 N–H and O–H groups in total. The van der Waals surface area contributed by atoms with Crippen LogP contribution in [0.3, 0.4) is 0 Å². The summed E-state index contributed by atoms with van der Waals surface area (Å²) in [5.41, 5.74) is 0. The maximum Gasteiger partial charge on any atom is 0.325 e. The number of carboxylic acid groups (broad SMARTS) is 1. The molecule has 0 aromatic rings. The molecular weight excluding hydrogens is 240 g/mol. The van der Waals surface area contributed by atoms with Gasteiger partial charge in [0, 0.05) is 0 Å². The highest BCUT2D eigenvalue weighted by atomic mass is 32.2. The number of carboxylic acids is 1. The van der Waals surface area contributed by atoms with Crippen LogP contribution >= 0.6 is 0 Å². The number of sulfone groups is 1. The lowest BCUT2D eigenvalue weighted by molar-refractivity contribution is -0.140. The largest absolute Gasteiger partial charge is 0.480 e. The van der Waals surface area contributed by atoms with Gasteiger partial charge in [-0.15, -0.1) is 0 Å². The summed E-state index contributed by atoms with van der Waals surface area (Å²) in [7, 11) is -3.56. The first-order valence-corrected chi connectivity index (χ1v) is 7.98. The predicted molar refractivity (Wildman–Crippen MR) is 68.9 cm³/mol. The fraction of sp³-hybridized carbons (Fsp3) is 0.917. The van der Waals surface area contributed by atoms with Gasteiger partial charge in [-0.25, -0.2) is 8.42 Å². The molecule has 0 aliphatic rings. The Bertz CT molecular complexity index is 328. The van der Waals surface area contributed by atoms with E-state index < -0.39 is 20.6 Å². The van der Waals surface area contributed by atoms with Crippen molar-refractivity contribution in [2.45, 2.75) is 64.0 Å². The number of carbonyl (C=O) groups is 1. The van der Waals surface area contributed by atoms with Gasteiger partial charge in [0.1, 0.15) is 0 Å². The number of rotatable bonds is 9. The maximum absolute atomic E-state index is 12.1. The first kappa shape index (κ1) is 16.4. The van der Waals surface area contributed by atoms with E-state index in [9.17, 15) is 18.3 Å². The minimum atomic E-state index is -3.56. The second-order valence-electron chi connectivity index (χ2n) is 4.39. The number of aliphatic carboxylic acids is 1. The van der Waals surface area contributed by atoms with Gasteiger partial charge in [0.05, 0.1) is 5.75 Å². The highest BCUT2D eigenvalue weighted by Crippen LogP contribution is 2.28. The lowest BCUT2D eigenvalue weighted by Crippen LogP contribution is -2.46. The molecule has 102 valence electrons. The lowest BCUT2D eigenvalue weighted by atomic mass is 10.0. The van der Waals surface area contributed by atoms with E-state index in [2.05, 4.69) is 0 Å². The van der Waals surface area contributed by atoms with Crippen LogP contribution in [0, 0.1) is 0 Å². The summed E-state index contributed by atoms with van der Waals surface area (Å²) in [5.74, 6) is -1.22. The molecule has 0 aromatic heterocycles. The first-order valence-electron chi connectivity index (χ1n) is 6.33. The third kappa shape index (κ3) is 3.69. The average molecular weight is 264 g/mol. The van der Waals surface area contributed by atoms with Gasteiger partial charge in [-0.3, -0.25) is 4.79 Å². The lowest BCUT2D eigenvalue weighted by Gasteiger charge is -2.26. The summed E-state index contributed by atoms with van der Waals surface area (Å²) in [5, 5.41) is 9.18. The SMILES string of the molecule is CCCCCCS(=O)(=O)C(CC)(CC)C(=O)O. The second kappa shape index (κ2) is 6.99. The standard InChI is InChI=1S/C12H24O4S/c1-4-7-8-9-10-17(15,16)12(5-2,6-3)11(13)14/h4-10H2,1-3H3,(H,13,14). The van der Waals surface area contributed by atoms with Gasteiger partial charge in [-0.2, -0.15) is 0 Å². The molecule has 0 atom stereocenters. The van der Waals surface area contributed by atoms with Crippen LogP contribution in [0.15, 0.2) is 0 Å². The van der Waals surface area contributed by atoms with E-state index in [0.29, 0.717) is 6.42 Å². The molecule has 0 spiro atoms. The van der Waals surface area contributed by atoms with Crippen molar-refractivity contribution in [1.82, 2.24) is 0 Å². The van der Waals surface area contributed by atoms with Crippen LogP contribution < -0.4 is 0 Å². The third-order valence-corrected chi connectivity index (χ3v) is 6.16. The van der Waals surface area contributed by atoms with Gasteiger partial charge in [-0.1, -0.05) is 40.0 Å². The van der Waals surface area contributed by atoms with Crippen LogP contribution in [0.5, 0.6) is 0 Å². The molecule has 0 saturated carbocycles. The Hall–Kier alpha value is -0.580. The summed E-state index contributed by atoms with van der Waals surface area (Å²) in [6.07, 6.45) is 3.70. The van der Waals surface area contributed by atoms with Crippen LogP contribution in [0.2, 0.25) is 0 Å². The van der Waals surface area contributed by atoms with Gasteiger partial charge >= 0.3 is 5.97 Å². The topological polar surface area (TPSA) is 71.4 Å². The van der Waals surface area contributed by atoms with Gasteiger partial charge in [0.2, 0.25) is 0 Å². The van der Waals surface area contributed by atoms with Crippen molar-refractivity contribution in [3.8, 4) is 0 Å². The molecule has 4 nitrogen and oxygen atoms in total. The zero-order valence-corrected chi connectivity index (χ0v) is 11.8. The molecular formula is C12H24O4S. The van der Waals surface area contributed by atoms with E-state index in [1.54, 1.807) is 13.8 Å². The van der Waals surface area contributed by atoms with Crippen LogP contribution in [0.4, 0.5) is 0 Å². The summed E-state index contributed by atoms with van der Waals surface area (Å²) < 4.78 is 22.7. The second-order valence-corrected chi connectivity index (χ2v) is 6.81. The zero-order valence-electron chi connectivity index (χ0n) is 11.0. The van der Waals surface area contributed by atoms with E-state index in [-0.39, 0.29) is 18.6 Å². The highest BCUT2D eigenvalue weighted by molar-refractivity contribution is 7.93. The van der Waals surface area contributed by atoms with Crippen molar-refractivity contribution >= 4 is 15.8 Å². The molecule has 0 heterocycles. The van der Waals surface area contributed by atoms with Crippen molar-refractivity contribution in [2.75, 3.05) is 5.75 Å². The van der Waals surface area contributed by atoms with Crippen molar-refractivity contribution in [1.29, 1.82) is 0 Å². The van der Waals surface area contributed by atoms with E-state index in [0.717, 1.165) is 19.3 Å². The van der Waals surface area contributed by atoms with Gasteiger partial charge in [-0.05, 0) is 19.3 Å². The summed E-state index contributed by atoms with van der Waals surface area (Å²) in [6.45, 7) is 5.30. The van der Waals surface area contributed by atoms with Crippen molar-refractivity contribution in [3.63, 3.8) is 0 Å². The summed E-state index contributed by atoms with van der Waals surface area (Å²) in [4.78, 5) is 11.2. The maximum atomic E-state index is 12.1. The van der Waals surface area contributed by atoms with E-state index in [4.69, 9.17) is 0 Å². The van der Waals surface area contributed by atoms with Gasteiger partial charge in [0.15, 0.2) is 14.6 Å². The third-order valence-electron chi connectivity index (χ3n) is 3.39. The van der Waals surface area contributed by atoms with E-state index in [1.165, 1.54) is 0 Å². The predicted octanol–water partition coefficient (Wildman–Crippen LogP) is 2.62. The molecule has 0 aliphatic heterocycles. The normalized spacial score (nSPS) is 12.6. The van der Waals surface area contributed by atoms with E-state index >= 15 is 0 Å². The average Bonchev–Trinajstić information content (AvgIpc) is 2.26. The van der Waals surface area contributed by atoms with Gasteiger partial charge < -0.3 is 5.11 Å². The Morgan fingerprint density at radius 3 is 1.94 bits per heavy atom. The highest BCUT2D eigenvalue weighted by Gasteiger charge is 2.47. The Kier molecular flexibility index (Phi) is 6.75. The number of hydrogen-bond acceptors (Lipinski definition) is 3. The van der Waals surface area contributed by atoms with Crippen molar-refractivity contribution in [3.05, 3.63) is 0 Å². The molecule has 0 bridgehead atoms. The molecule has 0 fully saturated rings. The Labute approximate surface area is 104 Å². The van der Waals surface area contributed by atoms with Crippen molar-refractivity contribution < 1.29 is 18.3 Å². The van der Waals surface area contributed by atoms with Crippen molar-refractivity contribution in [2.24, 2.45) is 0 Å². The Balaban J connectivity index is 4.80. The molecule has 0 radical (unpaired) electrons. The molecule has 0 saturated heterocycles. The molecule has 0 amide bonds. The first-order chi connectivity index (χ1) is 7.88. The Morgan fingerprint density at radius 2 is 1.59 bits per heavy atom. The van der Waals surface area contributed by atoms with Crippen LogP contribution in [0.1, 0.15) is 59.3 Å². The van der Waals surface area contributed by atoms with Gasteiger partial charge in [0.25, 0.3) is 0 Å². The molecule has 0 unspecified atom stereocenters. The fourth-order valence-corrected chi connectivity index (χ4v) is 4.16. The quantitative estimate of drug-likeness (QED) is 0.650. The molecule has 0 aromatic carbocycles. The number of unbranched alkanes of at least 4 members (excludes halogenated alkanes) is 3. The van der Waals surface area contributed by atoms with E-state index in [1.807, 2.05) is 6.92 Å². The molecule has 5 heteroatoms. The Morgan fingerprint density at radius 1 is 1.06 bits per heavy atom. The fourth-order valence-electron chi connectivity index (χ4n) is 2.04. The smallest absolute Gasteiger partial charge is 0.325 e. The van der Waals surface area contributed by atoms with Crippen LogP contribution in [0.25, 0.3) is 0 Å². The minimum Gasteiger partial charge on any atom is -0.480 e.